The Morgan fingerprint density at radius 1 is 1.12 bits per heavy atom. The first kappa shape index (κ1) is 9.62. The van der Waals surface area contributed by atoms with Gasteiger partial charge in [0, 0.05) is 5.41 Å². The van der Waals surface area contributed by atoms with Gasteiger partial charge in [-0.1, -0.05) is 18.2 Å². The van der Waals surface area contributed by atoms with Crippen molar-refractivity contribution in [2.24, 2.45) is 5.41 Å². The summed E-state index contributed by atoms with van der Waals surface area (Å²) in [6.07, 6.45) is 7.07. The fourth-order valence-corrected chi connectivity index (χ4v) is 2.74. The van der Waals surface area contributed by atoms with Crippen LogP contribution in [0.15, 0.2) is 18.2 Å². The minimum atomic E-state index is 0.252. The molecule has 2 aliphatic rings. The van der Waals surface area contributed by atoms with E-state index >= 15 is 0 Å². The van der Waals surface area contributed by atoms with Gasteiger partial charge in [0.1, 0.15) is 0 Å². The van der Waals surface area contributed by atoms with E-state index in [0.29, 0.717) is 0 Å². The summed E-state index contributed by atoms with van der Waals surface area (Å²) in [6, 6.07) is 8.18. The normalized spacial score (nSPS) is 20.7. The predicted molar refractivity (Wildman–Crippen MR) is 63.9 cm³/mol. The third-order valence-electron chi connectivity index (χ3n) is 3.64. The summed E-state index contributed by atoms with van der Waals surface area (Å²) in [5.74, 6) is 0. The number of nitrogens with one attached hydrogen (secondary N) is 1. The first-order chi connectivity index (χ1) is 7.81. The van der Waals surface area contributed by atoms with E-state index in [2.05, 4.69) is 29.6 Å². The highest BCUT2D eigenvalue weighted by atomic mass is 14.9. The Kier molecular flexibility index (Phi) is 2.08. The molecule has 0 unspecified atom stereocenters. The van der Waals surface area contributed by atoms with Gasteiger partial charge in [0.25, 0.3) is 0 Å². The fraction of sp³-hybridized carbons (Fsp3) is 0.357. The zero-order valence-electron chi connectivity index (χ0n) is 9.16. The van der Waals surface area contributed by atoms with Gasteiger partial charge in [-0.2, -0.15) is 5.26 Å². The van der Waals surface area contributed by atoms with Gasteiger partial charge in [-0.3, -0.25) is 0 Å². The van der Waals surface area contributed by atoms with Crippen molar-refractivity contribution in [2.45, 2.75) is 12.8 Å². The second-order valence-corrected chi connectivity index (χ2v) is 4.73. The van der Waals surface area contributed by atoms with Crippen molar-refractivity contribution in [3.8, 4) is 6.07 Å². The number of hydrogen-bond acceptors (Lipinski definition) is 2. The second kappa shape index (κ2) is 3.47. The van der Waals surface area contributed by atoms with E-state index in [1.54, 1.807) is 0 Å². The van der Waals surface area contributed by atoms with Crippen LogP contribution in [0.4, 0.5) is 0 Å². The lowest BCUT2D eigenvalue weighted by molar-refractivity contribution is 0.386. The van der Waals surface area contributed by atoms with Crippen LogP contribution in [0.5, 0.6) is 0 Å². The van der Waals surface area contributed by atoms with E-state index in [1.807, 2.05) is 12.1 Å². The number of fused-ring (bicyclic) bond motifs is 1. The van der Waals surface area contributed by atoms with Crippen LogP contribution in [0.1, 0.15) is 18.4 Å². The van der Waals surface area contributed by atoms with Gasteiger partial charge < -0.3 is 5.32 Å². The molecule has 16 heavy (non-hydrogen) atoms. The first-order valence-corrected chi connectivity index (χ1v) is 5.78. The third kappa shape index (κ3) is 1.45. The summed E-state index contributed by atoms with van der Waals surface area (Å²) in [5, 5.41) is 14.8. The Morgan fingerprint density at radius 2 is 1.88 bits per heavy atom. The molecule has 1 aliphatic carbocycles. The van der Waals surface area contributed by atoms with Gasteiger partial charge in [0.15, 0.2) is 0 Å². The summed E-state index contributed by atoms with van der Waals surface area (Å²) in [6.45, 7) is 2.18. The van der Waals surface area contributed by atoms with E-state index in [-0.39, 0.29) is 5.41 Å². The maximum Gasteiger partial charge on any atom is 0.0991 e. The van der Waals surface area contributed by atoms with Crippen LogP contribution < -0.4 is 15.8 Å². The maximum atomic E-state index is 8.89. The lowest BCUT2D eigenvalue weighted by Gasteiger charge is -2.30. The SMILES string of the molecule is N#Cc1ccc2c(c1)=CC1(C=2)CCNCC1. The Morgan fingerprint density at radius 3 is 2.62 bits per heavy atom. The van der Waals surface area contributed by atoms with Gasteiger partial charge >= 0.3 is 0 Å². The van der Waals surface area contributed by atoms with Crippen LogP contribution in [-0.2, 0) is 0 Å². The van der Waals surface area contributed by atoms with Gasteiger partial charge in [-0.25, -0.2) is 0 Å². The van der Waals surface area contributed by atoms with Crippen molar-refractivity contribution in [3.05, 3.63) is 34.2 Å². The van der Waals surface area contributed by atoms with Crippen LogP contribution in [0.2, 0.25) is 0 Å². The minimum Gasteiger partial charge on any atom is -0.317 e. The number of benzene rings is 1. The Bertz CT molecular complexity index is 572. The van der Waals surface area contributed by atoms with E-state index in [9.17, 15) is 0 Å². The molecule has 2 nitrogen and oxygen atoms in total. The highest BCUT2D eigenvalue weighted by Gasteiger charge is 2.29. The van der Waals surface area contributed by atoms with E-state index in [4.69, 9.17) is 5.26 Å². The molecule has 0 amide bonds. The van der Waals surface area contributed by atoms with Crippen molar-refractivity contribution in [1.82, 2.24) is 5.32 Å². The molecule has 1 fully saturated rings. The van der Waals surface area contributed by atoms with E-state index < -0.39 is 0 Å². The van der Waals surface area contributed by atoms with Crippen LogP contribution in [0.25, 0.3) is 12.2 Å². The average molecular weight is 210 g/mol. The summed E-state index contributed by atoms with van der Waals surface area (Å²) in [4.78, 5) is 0. The molecule has 0 radical (unpaired) electrons. The quantitative estimate of drug-likeness (QED) is 0.677. The molecule has 1 heterocycles. The molecule has 80 valence electrons. The Balaban J connectivity index is 2.12. The standard InChI is InChI=1S/C14H14N2/c15-10-11-1-2-12-8-14(9-13(12)7-11)3-5-16-6-4-14/h1-2,7-9,16H,3-6H2. The zero-order chi connectivity index (χ0) is 11.0. The maximum absolute atomic E-state index is 8.89. The van der Waals surface area contributed by atoms with Crippen LogP contribution in [-0.4, -0.2) is 13.1 Å². The fourth-order valence-electron chi connectivity index (χ4n) is 2.74. The number of nitriles is 1. The summed E-state index contributed by atoms with van der Waals surface area (Å²) >= 11 is 0. The topological polar surface area (TPSA) is 35.8 Å². The van der Waals surface area contributed by atoms with Crippen molar-refractivity contribution in [3.63, 3.8) is 0 Å². The largest absolute Gasteiger partial charge is 0.317 e. The molecule has 1 aromatic carbocycles. The van der Waals surface area contributed by atoms with E-state index in [0.717, 1.165) is 18.7 Å². The number of hydrogen-bond donors (Lipinski definition) is 1. The third-order valence-corrected chi connectivity index (χ3v) is 3.64. The Labute approximate surface area is 94.9 Å². The molecule has 3 rings (SSSR count). The molecular weight excluding hydrogens is 196 g/mol. The van der Waals surface area contributed by atoms with Crippen molar-refractivity contribution in [2.75, 3.05) is 13.1 Å². The molecule has 0 bridgehead atoms. The monoisotopic (exact) mass is 210 g/mol. The van der Waals surface area contributed by atoms with Crippen LogP contribution in [0, 0.1) is 16.7 Å². The van der Waals surface area contributed by atoms with Gasteiger partial charge in [-0.05, 0) is 48.5 Å². The lowest BCUT2D eigenvalue weighted by atomic mass is 9.80. The second-order valence-electron chi connectivity index (χ2n) is 4.73. The van der Waals surface area contributed by atoms with Crippen molar-refractivity contribution < 1.29 is 0 Å². The van der Waals surface area contributed by atoms with Gasteiger partial charge in [0.2, 0.25) is 0 Å². The molecule has 1 spiro atoms. The zero-order valence-corrected chi connectivity index (χ0v) is 9.16. The molecule has 2 heteroatoms. The first-order valence-electron chi connectivity index (χ1n) is 5.78. The molecule has 1 aliphatic heterocycles. The highest BCUT2D eigenvalue weighted by Crippen LogP contribution is 2.33. The van der Waals surface area contributed by atoms with Crippen LogP contribution >= 0.6 is 0 Å². The Hall–Kier alpha value is -1.59. The highest BCUT2D eigenvalue weighted by molar-refractivity contribution is 5.58. The number of piperidine rings is 1. The number of rotatable bonds is 0. The molecular formula is C14H14N2. The smallest absolute Gasteiger partial charge is 0.0991 e. The lowest BCUT2D eigenvalue weighted by Crippen LogP contribution is -2.33. The average Bonchev–Trinajstić information content (AvgIpc) is 2.66. The van der Waals surface area contributed by atoms with E-state index in [1.165, 1.54) is 23.3 Å². The molecule has 1 aromatic rings. The van der Waals surface area contributed by atoms with Crippen molar-refractivity contribution >= 4 is 12.2 Å². The predicted octanol–water partition coefficient (Wildman–Crippen LogP) is 0.503. The summed E-state index contributed by atoms with van der Waals surface area (Å²) in [5.41, 5.74) is 1.01. The molecule has 0 aromatic heterocycles. The molecule has 0 atom stereocenters. The molecule has 1 saturated heterocycles. The van der Waals surface area contributed by atoms with Crippen LogP contribution in [0.3, 0.4) is 0 Å². The molecule has 1 N–H and O–H groups in total. The van der Waals surface area contributed by atoms with Gasteiger partial charge in [-0.15, -0.1) is 0 Å². The van der Waals surface area contributed by atoms with Crippen molar-refractivity contribution in [1.29, 1.82) is 5.26 Å². The van der Waals surface area contributed by atoms with Gasteiger partial charge in [0.05, 0.1) is 11.6 Å². The summed E-state index contributed by atoms with van der Waals surface area (Å²) in [7, 11) is 0. The number of nitrogens with zero attached hydrogens (tertiary/aromatic N) is 1. The minimum absolute atomic E-state index is 0.252. The molecule has 0 saturated carbocycles. The summed E-state index contributed by atoms with van der Waals surface area (Å²) < 4.78 is 0.